The molecule has 1 fully saturated rings. The molecule has 4 nitrogen and oxygen atoms in total. The second-order valence-corrected chi connectivity index (χ2v) is 5.67. The van der Waals surface area contributed by atoms with Crippen LogP contribution in [0.4, 0.5) is 0 Å². The van der Waals surface area contributed by atoms with Crippen molar-refractivity contribution in [2.75, 3.05) is 13.1 Å². The first kappa shape index (κ1) is 12.6. The smallest absolute Gasteiger partial charge is 0.199 e. The van der Waals surface area contributed by atoms with Crippen LogP contribution in [0.2, 0.25) is 0 Å². The third kappa shape index (κ3) is 2.78. The Balaban J connectivity index is 1.73. The Bertz CT molecular complexity index is 558. The number of fused-ring (bicyclic) bond motifs is 1. The maximum Gasteiger partial charge on any atom is 0.199 e. The highest BCUT2D eigenvalue weighted by molar-refractivity contribution is 5.67. The average Bonchev–Trinajstić information content (AvgIpc) is 2.81. The number of hydrogen-bond donors (Lipinski definition) is 1. The molecule has 1 aliphatic rings. The van der Waals surface area contributed by atoms with E-state index in [1.54, 1.807) is 0 Å². The number of piperidine rings is 1. The molecule has 19 heavy (non-hydrogen) atoms. The summed E-state index contributed by atoms with van der Waals surface area (Å²) in [4.78, 5) is 8.91. The van der Waals surface area contributed by atoms with E-state index < -0.39 is 0 Å². The summed E-state index contributed by atoms with van der Waals surface area (Å²) < 4.78 is 5.79. The van der Waals surface area contributed by atoms with E-state index in [1.165, 1.54) is 12.8 Å². The van der Waals surface area contributed by atoms with Crippen LogP contribution in [0.25, 0.3) is 11.2 Å². The minimum absolute atomic E-state index is 0.599. The minimum Gasteiger partial charge on any atom is -0.439 e. The quantitative estimate of drug-likeness (QED) is 0.920. The first-order valence-electron chi connectivity index (χ1n) is 7.16. The highest BCUT2D eigenvalue weighted by Gasteiger charge is 2.22. The number of nitrogens with one attached hydrogen (secondary N) is 1. The van der Waals surface area contributed by atoms with Crippen LogP contribution in [0, 0.1) is 18.8 Å². The van der Waals surface area contributed by atoms with E-state index in [2.05, 4.69) is 22.2 Å². The number of nitrogens with zero attached hydrogens (tertiary/aromatic N) is 2. The maximum atomic E-state index is 5.79. The van der Waals surface area contributed by atoms with Gasteiger partial charge in [-0.2, -0.15) is 4.98 Å². The van der Waals surface area contributed by atoms with Crippen LogP contribution in [0.15, 0.2) is 16.5 Å². The van der Waals surface area contributed by atoms with Gasteiger partial charge in [0, 0.05) is 12.1 Å². The van der Waals surface area contributed by atoms with Crippen molar-refractivity contribution in [3.8, 4) is 0 Å². The van der Waals surface area contributed by atoms with Crippen molar-refractivity contribution in [2.45, 2.75) is 33.1 Å². The molecule has 3 heterocycles. The Morgan fingerprint density at radius 2 is 2.32 bits per heavy atom. The highest BCUT2D eigenvalue weighted by Crippen LogP contribution is 2.24. The fraction of sp³-hybridized carbons (Fsp3) is 0.600. The van der Waals surface area contributed by atoms with Crippen molar-refractivity contribution >= 4 is 11.2 Å². The first-order valence-corrected chi connectivity index (χ1v) is 7.16. The van der Waals surface area contributed by atoms with Gasteiger partial charge in [0.1, 0.15) is 0 Å². The Labute approximate surface area is 113 Å². The maximum absolute atomic E-state index is 5.79. The second kappa shape index (κ2) is 5.29. The molecule has 0 spiro atoms. The molecular weight excluding hydrogens is 238 g/mol. The van der Waals surface area contributed by atoms with Crippen LogP contribution in [0.5, 0.6) is 0 Å². The largest absolute Gasteiger partial charge is 0.439 e. The zero-order valence-corrected chi connectivity index (χ0v) is 11.6. The lowest BCUT2D eigenvalue weighted by molar-refractivity contribution is 0.267. The van der Waals surface area contributed by atoms with Gasteiger partial charge in [0.2, 0.25) is 0 Å². The van der Waals surface area contributed by atoms with Crippen molar-refractivity contribution < 1.29 is 4.42 Å². The fourth-order valence-corrected chi connectivity index (χ4v) is 2.85. The van der Waals surface area contributed by atoms with E-state index in [0.717, 1.165) is 48.2 Å². The lowest BCUT2D eigenvalue weighted by atomic mass is 9.85. The predicted octanol–water partition coefficient (Wildman–Crippen LogP) is 2.71. The van der Waals surface area contributed by atoms with Gasteiger partial charge in [-0.15, -0.1) is 0 Å². The minimum atomic E-state index is 0.599. The summed E-state index contributed by atoms with van der Waals surface area (Å²) in [5.74, 6) is 2.16. The summed E-state index contributed by atoms with van der Waals surface area (Å²) in [6, 6.07) is 3.92. The summed E-state index contributed by atoms with van der Waals surface area (Å²) in [7, 11) is 0. The number of oxazole rings is 1. The molecule has 2 atom stereocenters. The van der Waals surface area contributed by atoms with Gasteiger partial charge in [-0.05, 0) is 56.8 Å². The van der Waals surface area contributed by atoms with Gasteiger partial charge < -0.3 is 9.73 Å². The van der Waals surface area contributed by atoms with Crippen molar-refractivity contribution in [1.29, 1.82) is 0 Å². The molecule has 2 aromatic heterocycles. The molecule has 0 bridgehead atoms. The molecule has 1 saturated heterocycles. The Morgan fingerprint density at radius 3 is 3.11 bits per heavy atom. The summed E-state index contributed by atoms with van der Waals surface area (Å²) in [5.41, 5.74) is 2.52. The Kier molecular flexibility index (Phi) is 3.51. The average molecular weight is 259 g/mol. The van der Waals surface area contributed by atoms with Gasteiger partial charge in [0.05, 0.1) is 0 Å². The van der Waals surface area contributed by atoms with Crippen LogP contribution in [-0.4, -0.2) is 23.1 Å². The summed E-state index contributed by atoms with van der Waals surface area (Å²) >= 11 is 0. The molecular formula is C15H21N3O. The van der Waals surface area contributed by atoms with Crippen LogP contribution in [-0.2, 0) is 6.42 Å². The van der Waals surface area contributed by atoms with Crippen molar-refractivity contribution in [3.63, 3.8) is 0 Å². The van der Waals surface area contributed by atoms with Crippen LogP contribution in [0.3, 0.4) is 0 Å². The summed E-state index contributed by atoms with van der Waals surface area (Å²) in [5, 5.41) is 3.47. The van der Waals surface area contributed by atoms with Crippen molar-refractivity contribution in [2.24, 2.45) is 11.8 Å². The summed E-state index contributed by atoms with van der Waals surface area (Å²) in [6.45, 7) is 6.56. The molecule has 1 aliphatic heterocycles. The summed E-state index contributed by atoms with van der Waals surface area (Å²) in [6.07, 6.45) is 3.50. The van der Waals surface area contributed by atoms with Crippen LogP contribution < -0.4 is 5.32 Å². The topological polar surface area (TPSA) is 51.0 Å². The van der Waals surface area contributed by atoms with E-state index in [-0.39, 0.29) is 0 Å². The van der Waals surface area contributed by atoms with Gasteiger partial charge in [-0.3, -0.25) is 0 Å². The molecule has 1 N–H and O–H groups in total. The van der Waals surface area contributed by atoms with E-state index >= 15 is 0 Å². The molecule has 0 saturated carbocycles. The molecule has 2 aromatic rings. The van der Waals surface area contributed by atoms with Gasteiger partial charge in [0.25, 0.3) is 0 Å². The van der Waals surface area contributed by atoms with Crippen LogP contribution >= 0.6 is 0 Å². The lowest BCUT2D eigenvalue weighted by Crippen LogP contribution is -2.33. The number of rotatable bonds is 3. The molecule has 0 amide bonds. The molecule has 0 aliphatic carbocycles. The third-order valence-electron chi connectivity index (χ3n) is 4.07. The predicted molar refractivity (Wildman–Crippen MR) is 75.0 cm³/mol. The molecule has 3 rings (SSSR count). The number of pyridine rings is 1. The lowest BCUT2D eigenvalue weighted by Gasteiger charge is -2.27. The van der Waals surface area contributed by atoms with Crippen LogP contribution in [0.1, 0.15) is 31.4 Å². The fourth-order valence-electron chi connectivity index (χ4n) is 2.85. The monoisotopic (exact) mass is 259 g/mol. The molecule has 0 aromatic carbocycles. The number of hydrogen-bond acceptors (Lipinski definition) is 4. The van der Waals surface area contributed by atoms with E-state index in [1.807, 2.05) is 19.1 Å². The van der Waals surface area contributed by atoms with Gasteiger partial charge in [0.15, 0.2) is 17.1 Å². The molecule has 102 valence electrons. The molecule has 2 unspecified atom stereocenters. The zero-order valence-electron chi connectivity index (χ0n) is 11.6. The SMILES string of the molecule is Cc1ccc2oc(CC(C)C3CCCNC3)nc2n1. The van der Waals surface area contributed by atoms with Gasteiger partial charge in [-0.1, -0.05) is 6.92 Å². The second-order valence-electron chi connectivity index (χ2n) is 5.67. The van der Waals surface area contributed by atoms with Gasteiger partial charge >= 0.3 is 0 Å². The molecule has 0 radical (unpaired) electrons. The normalized spacial score (nSPS) is 21.7. The van der Waals surface area contributed by atoms with E-state index in [4.69, 9.17) is 4.42 Å². The number of aromatic nitrogens is 2. The van der Waals surface area contributed by atoms with Crippen molar-refractivity contribution in [1.82, 2.24) is 15.3 Å². The highest BCUT2D eigenvalue weighted by atomic mass is 16.3. The third-order valence-corrected chi connectivity index (χ3v) is 4.07. The Hall–Kier alpha value is -1.42. The Morgan fingerprint density at radius 1 is 1.42 bits per heavy atom. The molecule has 4 heteroatoms. The van der Waals surface area contributed by atoms with Crippen molar-refractivity contribution in [3.05, 3.63) is 23.7 Å². The number of aryl methyl sites for hydroxylation is 1. The van der Waals surface area contributed by atoms with E-state index in [9.17, 15) is 0 Å². The standard InChI is InChI=1S/C15H21N3O/c1-10(12-4-3-7-16-9-12)8-14-18-15-13(19-14)6-5-11(2)17-15/h5-6,10,12,16H,3-4,7-9H2,1-2H3. The van der Waals surface area contributed by atoms with E-state index in [0.29, 0.717) is 5.92 Å². The van der Waals surface area contributed by atoms with Gasteiger partial charge in [-0.25, -0.2) is 4.98 Å². The first-order chi connectivity index (χ1) is 9.22. The zero-order chi connectivity index (χ0) is 13.2.